The van der Waals surface area contributed by atoms with E-state index in [2.05, 4.69) is 142 Å². The van der Waals surface area contributed by atoms with Gasteiger partial charge in [-0.3, -0.25) is 14.4 Å². The van der Waals surface area contributed by atoms with E-state index in [1.165, 1.54) is 38.5 Å². The molecule has 0 radical (unpaired) electrons. The summed E-state index contributed by atoms with van der Waals surface area (Å²) in [5, 5.41) is 0. The van der Waals surface area contributed by atoms with E-state index in [-0.39, 0.29) is 37.5 Å². The Morgan fingerprint density at radius 1 is 0.318 bits per heavy atom. The average molecular weight is 913 g/mol. The predicted molar refractivity (Wildman–Crippen MR) is 283 cm³/mol. The molecule has 6 heteroatoms. The lowest BCUT2D eigenvalue weighted by Gasteiger charge is -2.18. The maximum absolute atomic E-state index is 12.8. The van der Waals surface area contributed by atoms with E-state index in [9.17, 15) is 14.4 Å². The van der Waals surface area contributed by atoms with Crippen LogP contribution in [0.25, 0.3) is 0 Å². The molecule has 372 valence electrons. The zero-order chi connectivity index (χ0) is 47.9. The van der Waals surface area contributed by atoms with Gasteiger partial charge < -0.3 is 14.2 Å². The second-order valence-corrected chi connectivity index (χ2v) is 17.0. The molecule has 1 atom stereocenters. The van der Waals surface area contributed by atoms with E-state index < -0.39 is 6.10 Å². The summed E-state index contributed by atoms with van der Waals surface area (Å²) in [6.07, 6.45) is 73.3. The van der Waals surface area contributed by atoms with Crippen molar-refractivity contribution in [2.24, 2.45) is 0 Å². The molecule has 0 bridgehead atoms. The van der Waals surface area contributed by atoms with Crippen LogP contribution in [0.3, 0.4) is 0 Å². The summed E-state index contributed by atoms with van der Waals surface area (Å²) in [5.74, 6) is -1.000. The molecule has 66 heavy (non-hydrogen) atoms. The van der Waals surface area contributed by atoms with Gasteiger partial charge in [-0.2, -0.15) is 0 Å². The molecule has 0 saturated heterocycles. The standard InChI is InChI=1S/C60H96O6/c1-4-7-10-13-16-19-22-25-28-30-32-35-38-41-44-47-50-53-59(62)65-56-57(55-64-58(61)52-49-46-43-40-37-34-27-24-21-18-15-12-9-6-3)66-60(63)54-51-48-45-42-39-36-33-31-29-26-23-20-17-14-11-8-5-2/h7-8,10-11,15-20,24-29,32,35,41,44,57H,4-6,9,12-14,21-23,30-31,33-34,36-40,42-43,45-56H2,1-3H3/b10-7-,11-8-,18-15-,19-16-,20-17-,27-24-,28-25-,29-26-,35-32-,44-41-. The van der Waals surface area contributed by atoms with E-state index in [0.717, 1.165) is 135 Å². The lowest BCUT2D eigenvalue weighted by Crippen LogP contribution is -2.30. The summed E-state index contributed by atoms with van der Waals surface area (Å²) in [6.45, 7) is 6.29. The van der Waals surface area contributed by atoms with Gasteiger partial charge in [0.15, 0.2) is 6.10 Å². The molecular formula is C60H96O6. The molecular weight excluding hydrogens is 817 g/mol. The fraction of sp³-hybridized carbons (Fsp3) is 0.617. The van der Waals surface area contributed by atoms with Gasteiger partial charge in [-0.25, -0.2) is 0 Å². The molecule has 0 heterocycles. The highest BCUT2D eigenvalue weighted by Crippen LogP contribution is 2.13. The van der Waals surface area contributed by atoms with Gasteiger partial charge in [0.05, 0.1) is 0 Å². The van der Waals surface area contributed by atoms with Crippen molar-refractivity contribution >= 4 is 17.9 Å². The largest absolute Gasteiger partial charge is 0.462 e. The van der Waals surface area contributed by atoms with Crippen molar-refractivity contribution in [3.63, 3.8) is 0 Å². The van der Waals surface area contributed by atoms with E-state index in [0.29, 0.717) is 19.3 Å². The van der Waals surface area contributed by atoms with Gasteiger partial charge >= 0.3 is 17.9 Å². The van der Waals surface area contributed by atoms with Gasteiger partial charge in [-0.05, 0) is 116 Å². The van der Waals surface area contributed by atoms with Crippen LogP contribution < -0.4 is 0 Å². The van der Waals surface area contributed by atoms with Crippen LogP contribution in [0.15, 0.2) is 122 Å². The third-order valence-electron chi connectivity index (χ3n) is 10.7. The van der Waals surface area contributed by atoms with Crippen molar-refractivity contribution in [3.05, 3.63) is 122 Å². The number of rotatable bonds is 46. The van der Waals surface area contributed by atoms with Crippen LogP contribution in [-0.4, -0.2) is 37.2 Å². The van der Waals surface area contributed by atoms with Crippen molar-refractivity contribution in [2.45, 2.75) is 226 Å². The van der Waals surface area contributed by atoms with Crippen molar-refractivity contribution in [1.29, 1.82) is 0 Å². The summed E-state index contributed by atoms with van der Waals surface area (Å²) in [4.78, 5) is 38.0. The fourth-order valence-electron chi connectivity index (χ4n) is 6.74. The highest BCUT2D eigenvalue weighted by atomic mass is 16.6. The Kier molecular flexibility index (Phi) is 50.0. The van der Waals surface area contributed by atoms with Gasteiger partial charge in [0, 0.05) is 19.3 Å². The minimum Gasteiger partial charge on any atom is -0.462 e. The predicted octanol–water partition coefficient (Wildman–Crippen LogP) is 17.7. The molecule has 0 fully saturated rings. The third kappa shape index (κ3) is 50.8. The normalized spacial score (nSPS) is 13.1. The fourth-order valence-corrected chi connectivity index (χ4v) is 6.74. The lowest BCUT2D eigenvalue weighted by atomic mass is 10.1. The Morgan fingerprint density at radius 2 is 0.606 bits per heavy atom. The van der Waals surface area contributed by atoms with Crippen LogP contribution >= 0.6 is 0 Å². The molecule has 0 amide bonds. The molecule has 0 aliphatic heterocycles. The number of carbonyl (C=O) groups excluding carboxylic acids is 3. The number of hydrogen-bond donors (Lipinski definition) is 0. The molecule has 6 nitrogen and oxygen atoms in total. The molecule has 1 unspecified atom stereocenters. The number of ether oxygens (including phenoxy) is 3. The minimum atomic E-state index is -0.815. The van der Waals surface area contributed by atoms with Crippen LogP contribution in [0, 0.1) is 0 Å². The molecule has 0 N–H and O–H groups in total. The monoisotopic (exact) mass is 913 g/mol. The van der Waals surface area contributed by atoms with Gasteiger partial charge in [-0.15, -0.1) is 0 Å². The van der Waals surface area contributed by atoms with Gasteiger partial charge in [0.1, 0.15) is 13.2 Å². The van der Waals surface area contributed by atoms with Gasteiger partial charge in [0.2, 0.25) is 0 Å². The van der Waals surface area contributed by atoms with E-state index in [1.807, 2.05) is 0 Å². The van der Waals surface area contributed by atoms with Crippen LogP contribution in [0.5, 0.6) is 0 Å². The molecule has 0 saturated carbocycles. The van der Waals surface area contributed by atoms with Crippen molar-refractivity contribution < 1.29 is 28.6 Å². The van der Waals surface area contributed by atoms with Crippen LogP contribution in [0.4, 0.5) is 0 Å². The van der Waals surface area contributed by atoms with Crippen LogP contribution in [-0.2, 0) is 28.6 Å². The lowest BCUT2D eigenvalue weighted by molar-refractivity contribution is -0.167. The van der Waals surface area contributed by atoms with E-state index in [4.69, 9.17) is 14.2 Å². The summed E-state index contributed by atoms with van der Waals surface area (Å²) < 4.78 is 16.8. The zero-order valence-electron chi connectivity index (χ0n) is 42.4. The van der Waals surface area contributed by atoms with Crippen LogP contribution in [0.1, 0.15) is 220 Å². The van der Waals surface area contributed by atoms with E-state index in [1.54, 1.807) is 0 Å². The maximum Gasteiger partial charge on any atom is 0.306 e. The average Bonchev–Trinajstić information content (AvgIpc) is 3.31. The number of hydrogen-bond acceptors (Lipinski definition) is 6. The Balaban J connectivity index is 4.53. The molecule has 0 aliphatic carbocycles. The first-order valence-corrected chi connectivity index (χ1v) is 26.5. The number of carbonyl (C=O) groups is 3. The molecule has 0 rings (SSSR count). The number of allylic oxidation sites excluding steroid dienone is 20. The summed E-state index contributed by atoms with van der Waals surface area (Å²) in [7, 11) is 0. The Hall–Kier alpha value is -4.19. The topological polar surface area (TPSA) is 78.9 Å². The van der Waals surface area contributed by atoms with Gasteiger partial charge in [0.25, 0.3) is 0 Å². The second kappa shape index (κ2) is 53.4. The smallest absolute Gasteiger partial charge is 0.306 e. The Morgan fingerprint density at radius 3 is 0.985 bits per heavy atom. The van der Waals surface area contributed by atoms with Gasteiger partial charge in [-0.1, -0.05) is 206 Å². The molecule has 0 aromatic rings. The van der Waals surface area contributed by atoms with Crippen molar-refractivity contribution in [3.8, 4) is 0 Å². The highest BCUT2D eigenvalue weighted by Gasteiger charge is 2.19. The summed E-state index contributed by atoms with van der Waals surface area (Å²) in [5.41, 5.74) is 0. The summed E-state index contributed by atoms with van der Waals surface area (Å²) in [6, 6.07) is 0. The van der Waals surface area contributed by atoms with Crippen LogP contribution in [0.2, 0.25) is 0 Å². The van der Waals surface area contributed by atoms with Crippen molar-refractivity contribution in [2.75, 3.05) is 13.2 Å². The first-order valence-electron chi connectivity index (χ1n) is 26.5. The first-order chi connectivity index (χ1) is 32.5. The highest BCUT2D eigenvalue weighted by molar-refractivity contribution is 5.71. The van der Waals surface area contributed by atoms with E-state index >= 15 is 0 Å². The number of esters is 3. The maximum atomic E-state index is 12.8. The third-order valence-corrected chi connectivity index (χ3v) is 10.7. The Labute approximate surface area is 405 Å². The quantitative estimate of drug-likeness (QED) is 0.0262. The molecule has 0 spiro atoms. The minimum absolute atomic E-state index is 0.111. The molecule has 0 aromatic carbocycles. The molecule has 0 aliphatic rings. The first kappa shape index (κ1) is 61.8. The van der Waals surface area contributed by atoms with Crippen molar-refractivity contribution in [1.82, 2.24) is 0 Å². The second-order valence-electron chi connectivity index (χ2n) is 17.0. The number of unbranched alkanes of at least 4 members (excludes halogenated alkanes) is 15. The zero-order valence-corrected chi connectivity index (χ0v) is 42.4. The SMILES string of the molecule is CC/C=C\C/C=C\C/C=C\C/C=C\C/C=C\CCCC(=O)OCC(COC(=O)CCCCCCC/C=C\C/C=C\CCCC)OC(=O)CCCCCCCCC/C=C\C/C=C\C/C=C\CC. The summed E-state index contributed by atoms with van der Waals surface area (Å²) >= 11 is 0. The Bertz CT molecular complexity index is 1420. The molecule has 0 aromatic heterocycles.